The fraction of sp³-hybridized carbons (Fsp3) is 0.389. The predicted octanol–water partition coefficient (Wildman–Crippen LogP) is 3.57. The average Bonchev–Trinajstić information content (AvgIpc) is 3.29. The van der Waals surface area contributed by atoms with E-state index in [2.05, 4.69) is 15.5 Å². The monoisotopic (exact) mass is 347 g/mol. The van der Waals surface area contributed by atoms with Gasteiger partial charge in [-0.1, -0.05) is 23.7 Å². The molecule has 5 nitrogen and oxygen atoms in total. The molecule has 0 bridgehead atoms. The summed E-state index contributed by atoms with van der Waals surface area (Å²) in [5, 5.41) is 6.51. The van der Waals surface area contributed by atoms with Crippen molar-refractivity contribution in [1.82, 2.24) is 15.5 Å². The second-order valence-corrected chi connectivity index (χ2v) is 6.40. The third kappa shape index (κ3) is 4.52. The molecule has 2 N–H and O–H groups in total. The number of carbonyl (C=O) groups excluding carboxylic acids is 1. The third-order valence-corrected chi connectivity index (χ3v) is 4.53. The van der Waals surface area contributed by atoms with Crippen LogP contribution < -0.4 is 10.6 Å². The lowest BCUT2D eigenvalue weighted by atomic mass is 10.2. The van der Waals surface area contributed by atoms with Crippen molar-refractivity contribution < 1.29 is 9.21 Å². The van der Waals surface area contributed by atoms with Gasteiger partial charge in [0.05, 0.1) is 12.3 Å². The molecule has 2 heterocycles. The Bertz CT molecular complexity index is 637. The number of urea groups is 1. The molecule has 6 heteroatoms. The van der Waals surface area contributed by atoms with Gasteiger partial charge in [0.25, 0.3) is 0 Å². The first-order valence-electron chi connectivity index (χ1n) is 8.26. The summed E-state index contributed by atoms with van der Waals surface area (Å²) in [6, 6.07) is 11.2. The van der Waals surface area contributed by atoms with Gasteiger partial charge in [0, 0.05) is 18.1 Å². The predicted molar refractivity (Wildman–Crippen MR) is 93.9 cm³/mol. The zero-order valence-electron chi connectivity index (χ0n) is 13.5. The van der Waals surface area contributed by atoms with Crippen molar-refractivity contribution in [3.8, 4) is 0 Å². The van der Waals surface area contributed by atoms with Gasteiger partial charge < -0.3 is 15.1 Å². The van der Waals surface area contributed by atoms with E-state index in [4.69, 9.17) is 16.0 Å². The molecule has 2 amide bonds. The highest BCUT2D eigenvalue weighted by Crippen LogP contribution is 2.24. The Kier molecular flexibility index (Phi) is 5.77. The first-order valence-corrected chi connectivity index (χ1v) is 8.64. The maximum absolute atomic E-state index is 12.1. The lowest BCUT2D eigenvalue weighted by Crippen LogP contribution is -2.41. The second kappa shape index (κ2) is 8.22. The van der Waals surface area contributed by atoms with Crippen LogP contribution in [0.1, 0.15) is 30.2 Å². The smallest absolute Gasteiger partial charge is 0.315 e. The molecule has 1 aliphatic rings. The third-order valence-electron chi connectivity index (χ3n) is 4.28. The van der Waals surface area contributed by atoms with E-state index in [0.717, 1.165) is 24.4 Å². The van der Waals surface area contributed by atoms with Crippen molar-refractivity contribution in [3.05, 3.63) is 59.0 Å². The average molecular weight is 348 g/mol. The van der Waals surface area contributed by atoms with E-state index >= 15 is 0 Å². The number of rotatable bonds is 6. The van der Waals surface area contributed by atoms with Crippen LogP contribution in [0.3, 0.4) is 0 Å². The number of furan rings is 1. The van der Waals surface area contributed by atoms with Gasteiger partial charge in [-0.15, -0.1) is 0 Å². The largest absolute Gasteiger partial charge is 0.468 e. The molecule has 0 saturated carbocycles. The maximum Gasteiger partial charge on any atom is 0.315 e. The van der Waals surface area contributed by atoms with Crippen LogP contribution in [-0.2, 0) is 6.54 Å². The lowest BCUT2D eigenvalue weighted by molar-refractivity contribution is 0.203. The minimum atomic E-state index is -0.180. The van der Waals surface area contributed by atoms with E-state index in [9.17, 15) is 4.79 Å². The Labute approximate surface area is 147 Å². The normalized spacial score (nSPS) is 16.0. The summed E-state index contributed by atoms with van der Waals surface area (Å²) >= 11 is 5.86. The fourth-order valence-electron chi connectivity index (χ4n) is 2.98. The van der Waals surface area contributed by atoms with Crippen LogP contribution >= 0.6 is 11.6 Å². The minimum Gasteiger partial charge on any atom is -0.468 e. The van der Waals surface area contributed by atoms with E-state index in [1.54, 1.807) is 6.26 Å². The highest BCUT2D eigenvalue weighted by molar-refractivity contribution is 6.30. The van der Waals surface area contributed by atoms with Gasteiger partial charge in [-0.3, -0.25) is 4.90 Å². The molecule has 1 aromatic heterocycles. The molecule has 1 aliphatic heterocycles. The summed E-state index contributed by atoms with van der Waals surface area (Å²) in [4.78, 5) is 14.4. The Hall–Kier alpha value is -1.98. The second-order valence-electron chi connectivity index (χ2n) is 5.96. The minimum absolute atomic E-state index is 0.0868. The van der Waals surface area contributed by atoms with Crippen molar-refractivity contribution in [2.45, 2.75) is 25.4 Å². The van der Waals surface area contributed by atoms with Crippen LogP contribution in [0.4, 0.5) is 4.79 Å². The number of carbonyl (C=O) groups is 1. The van der Waals surface area contributed by atoms with Crippen LogP contribution in [0.5, 0.6) is 0 Å². The van der Waals surface area contributed by atoms with Crippen LogP contribution in [0.2, 0.25) is 5.02 Å². The standard InChI is InChI=1S/C18H22ClN3O2/c19-15-7-5-14(6-8-15)12-20-18(23)21-13-16(17-4-3-11-24-17)22-9-1-2-10-22/h3-8,11,16H,1-2,9-10,12-13H2,(H2,20,21,23)/t16-/m1/s1. The van der Waals surface area contributed by atoms with Gasteiger partial charge in [-0.05, 0) is 55.8 Å². The van der Waals surface area contributed by atoms with E-state index in [0.29, 0.717) is 18.1 Å². The topological polar surface area (TPSA) is 57.5 Å². The van der Waals surface area contributed by atoms with Crippen LogP contribution in [0, 0.1) is 0 Å². The molecule has 3 rings (SSSR count). The lowest BCUT2D eigenvalue weighted by Gasteiger charge is -2.26. The van der Waals surface area contributed by atoms with Crippen molar-refractivity contribution in [2.24, 2.45) is 0 Å². The van der Waals surface area contributed by atoms with Gasteiger partial charge in [0.2, 0.25) is 0 Å². The van der Waals surface area contributed by atoms with Crippen LogP contribution in [-0.4, -0.2) is 30.6 Å². The Morgan fingerprint density at radius 1 is 1.17 bits per heavy atom. The van der Waals surface area contributed by atoms with E-state index in [-0.39, 0.29) is 12.1 Å². The Morgan fingerprint density at radius 3 is 2.58 bits per heavy atom. The summed E-state index contributed by atoms with van der Waals surface area (Å²) in [5.41, 5.74) is 1.01. The first kappa shape index (κ1) is 16.9. The van der Waals surface area contributed by atoms with Crippen molar-refractivity contribution in [1.29, 1.82) is 0 Å². The quantitative estimate of drug-likeness (QED) is 0.839. The van der Waals surface area contributed by atoms with Gasteiger partial charge in [-0.25, -0.2) is 4.79 Å². The Morgan fingerprint density at radius 2 is 1.92 bits per heavy atom. The van der Waals surface area contributed by atoms with Gasteiger partial charge >= 0.3 is 6.03 Å². The molecule has 0 radical (unpaired) electrons. The molecule has 2 aromatic rings. The molecular weight excluding hydrogens is 326 g/mol. The molecule has 1 fully saturated rings. The summed E-state index contributed by atoms with van der Waals surface area (Å²) in [6.45, 7) is 3.08. The van der Waals surface area contributed by atoms with E-state index < -0.39 is 0 Å². The number of halogens is 1. The summed E-state index contributed by atoms with van der Waals surface area (Å²) in [6.07, 6.45) is 4.07. The van der Waals surface area contributed by atoms with Gasteiger partial charge in [0.15, 0.2) is 0 Å². The maximum atomic E-state index is 12.1. The fourth-order valence-corrected chi connectivity index (χ4v) is 3.11. The number of nitrogens with one attached hydrogen (secondary N) is 2. The number of hydrogen-bond acceptors (Lipinski definition) is 3. The molecule has 0 aliphatic carbocycles. The van der Waals surface area contributed by atoms with E-state index in [1.807, 2.05) is 36.4 Å². The van der Waals surface area contributed by atoms with Crippen molar-refractivity contribution in [2.75, 3.05) is 19.6 Å². The van der Waals surface area contributed by atoms with Crippen LogP contribution in [0.25, 0.3) is 0 Å². The van der Waals surface area contributed by atoms with Crippen molar-refractivity contribution >= 4 is 17.6 Å². The molecule has 0 spiro atoms. The van der Waals surface area contributed by atoms with E-state index in [1.165, 1.54) is 12.8 Å². The van der Waals surface area contributed by atoms with Crippen molar-refractivity contribution in [3.63, 3.8) is 0 Å². The number of nitrogens with zero attached hydrogens (tertiary/aromatic N) is 1. The Balaban J connectivity index is 1.50. The number of hydrogen-bond donors (Lipinski definition) is 2. The molecular formula is C18H22ClN3O2. The summed E-state index contributed by atoms with van der Waals surface area (Å²) in [7, 11) is 0. The molecule has 1 atom stereocenters. The number of amides is 2. The molecule has 1 saturated heterocycles. The highest BCUT2D eigenvalue weighted by Gasteiger charge is 2.25. The highest BCUT2D eigenvalue weighted by atomic mass is 35.5. The summed E-state index contributed by atoms with van der Waals surface area (Å²) in [5.74, 6) is 0.898. The zero-order valence-corrected chi connectivity index (χ0v) is 14.3. The number of benzene rings is 1. The number of likely N-dealkylation sites (tertiary alicyclic amines) is 1. The van der Waals surface area contributed by atoms with Crippen LogP contribution in [0.15, 0.2) is 47.1 Å². The van der Waals surface area contributed by atoms with Gasteiger partial charge in [0.1, 0.15) is 5.76 Å². The molecule has 0 unspecified atom stereocenters. The summed E-state index contributed by atoms with van der Waals surface area (Å²) < 4.78 is 5.55. The van der Waals surface area contributed by atoms with Gasteiger partial charge in [-0.2, -0.15) is 0 Å². The first-order chi connectivity index (χ1) is 11.7. The molecule has 128 valence electrons. The molecule has 24 heavy (non-hydrogen) atoms. The zero-order chi connectivity index (χ0) is 16.8. The SMILES string of the molecule is O=C(NCc1ccc(Cl)cc1)NC[C@H](c1ccco1)N1CCCC1. The molecule has 1 aromatic carbocycles.